The van der Waals surface area contributed by atoms with Gasteiger partial charge in [0.25, 0.3) is 0 Å². The number of amides is 3. The van der Waals surface area contributed by atoms with Gasteiger partial charge in [0.05, 0.1) is 6.07 Å². The summed E-state index contributed by atoms with van der Waals surface area (Å²) in [6.45, 7) is 10.3. The Morgan fingerprint density at radius 3 is 2.36 bits per heavy atom. The summed E-state index contributed by atoms with van der Waals surface area (Å²) in [5.74, 6) is -3.89. The van der Waals surface area contributed by atoms with Crippen LogP contribution < -0.4 is 10.6 Å². The van der Waals surface area contributed by atoms with Crippen LogP contribution in [-0.4, -0.2) is 52.4 Å². The van der Waals surface area contributed by atoms with E-state index in [0.717, 1.165) is 10.8 Å². The third kappa shape index (κ3) is 4.92. The highest BCUT2D eigenvalue weighted by molar-refractivity contribution is 5.95. The van der Waals surface area contributed by atoms with Crippen molar-refractivity contribution in [3.63, 3.8) is 0 Å². The molecule has 0 bridgehead atoms. The van der Waals surface area contributed by atoms with Crippen LogP contribution in [0.4, 0.5) is 13.2 Å². The van der Waals surface area contributed by atoms with Crippen molar-refractivity contribution in [3.05, 3.63) is 42.2 Å². The number of aromatic nitrogens is 1. The molecule has 11 heteroatoms. The number of pyridine rings is 1. The van der Waals surface area contributed by atoms with Gasteiger partial charge in [-0.2, -0.15) is 18.4 Å². The minimum Gasteiger partial charge on any atom is -0.336 e. The van der Waals surface area contributed by atoms with E-state index in [1.165, 1.54) is 11.1 Å². The van der Waals surface area contributed by atoms with Crippen LogP contribution in [0.2, 0.25) is 0 Å². The molecule has 2 aromatic rings. The Balaban J connectivity index is 1.67. The average Bonchev–Trinajstić information content (AvgIpc) is 3.17. The summed E-state index contributed by atoms with van der Waals surface area (Å²) in [6, 6.07) is 6.91. The molecule has 5 unspecified atom stereocenters. The maximum Gasteiger partial charge on any atom is 0.471 e. The highest BCUT2D eigenvalue weighted by atomic mass is 19.4. The number of nitriles is 1. The molecule has 2 aliphatic rings. The molecule has 0 radical (unpaired) electrons. The molecule has 1 aromatic carbocycles. The van der Waals surface area contributed by atoms with Crippen molar-refractivity contribution >= 4 is 28.5 Å². The van der Waals surface area contributed by atoms with E-state index in [2.05, 4.69) is 16.4 Å². The second-order valence-corrected chi connectivity index (χ2v) is 12.3. The Bertz CT molecular complexity index is 1370. The maximum absolute atomic E-state index is 13.9. The van der Waals surface area contributed by atoms with E-state index in [1.54, 1.807) is 33.9 Å². The second-order valence-electron chi connectivity index (χ2n) is 12.3. The molecule has 5 atom stereocenters. The molecule has 1 saturated heterocycles. The van der Waals surface area contributed by atoms with Gasteiger partial charge in [0, 0.05) is 29.9 Å². The number of benzene rings is 1. The summed E-state index contributed by atoms with van der Waals surface area (Å²) in [5, 5.41) is 16.3. The minimum atomic E-state index is -5.17. The van der Waals surface area contributed by atoms with Gasteiger partial charge in [-0.05, 0) is 35.0 Å². The van der Waals surface area contributed by atoms with Crippen molar-refractivity contribution in [2.75, 3.05) is 6.54 Å². The minimum absolute atomic E-state index is 0.0521. The molecule has 2 heterocycles. The van der Waals surface area contributed by atoms with Gasteiger partial charge in [-0.25, -0.2) is 0 Å². The molecule has 1 aliphatic carbocycles. The zero-order valence-corrected chi connectivity index (χ0v) is 22.7. The van der Waals surface area contributed by atoms with E-state index in [4.69, 9.17) is 0 Å². The molecule has 208 valence electrons. The van der Waals surface area contributed by atoms with Crippen LogP contribution in [0.15, 0.2) is 36.7 Å². The largest absolute Gasteiger partial charge is 0.471 e. The van der Waals surface area contributed by atoms with Gasteiger partial charge in [0.15, 0.2) is 5.54 Å². The summed E-state index contributed by atoms with van der Waals surface area (Å²) in [7, 11) is 0. The zero-order chi connectivity index (χ0) is 29.1. The molecule has 4 rings (SSSR count). The van der Waals surface area contributed by atoms with Gasteiger partial charge in [-0.15, -0.1) is 0 Å². The molecule has 2 fully saturated rings. The lowest BCUT2D eigenvalue weighted by Crippen LogP contribution is -2.61. The highest BCUT2D eigenvalue weighted by Gasteiger charge is 2.70. The summed E-state index contributed by atoms with van der Waals surface area (Å²) in [5.41, 5.74) is -2.39. The SMILES string of the molecule is CC(C#N)(NC(=O)C1C2C(CN1C(=O)C(NC(=O)C(F)(F)F)C(C)(C)C)C2(C)C)c1cncc2ccccc12. The first kappa shape index (κ1) is 28.3. The molecule has 0 spiro atoms. The van der Waals surface area contributed by atoms with Gasteiger partial charge in [-0.3, -0.25) is 19.4 Å². The Kier molecular flexibility index (Phi) is 6.69. The molecule has 3 amide bonds. The van der Waals surface area contributed by atoms with Crippen LogP contribution in [-0.2, 0) is 19.9 Å². The van der Waals surface area contributed by atoms with Crippen LogP contribution in [0, 0.1) is 34.0 Å². The number of nitrogens with zero attached hydrogens (tertiary/aromatic N) is 3. The summed E-state index contributed by atoms with van der Waals surface area (Å²) in [4.78, 5) is 44.9. The molecule has 1 aromatic heterocycles. The van der Waals surface area contributed by atoms with Crippen molar-refractivity contribution < 1.29 is 27.6 Å². The maximum atomic E-state index is 13.9. The number of fused-ring (bicyclic) bond motifs is 2. The van der Waals surface area contributed by atoms with Gasteiger partial charge >= 0.3 is 12.1 Å². The quantitative estimate of drug-likeness (QED) is 0.597. The lowest BCUT2D eigenvalue weighted by molar-refractivity contribution is -0.176. The Morgan fingerprint density at radius 1 is 1.13 bits per heavy atom. The van der Waals surface area contributed by atoms with E-state index in [0.29, 0.717) is 5.56 Å². The van der Waals surface area contributed by atoms with Crippen molar-refractivity contribution in [3.8, 4) is 6.07 Å². The number of halogens is 3. The van der Waals surface area contributed by atoms with Crippen molar-refractivity contribution in [1.29, 1.82) is 5.26 Å². The number of rotatable bonds is 5. The van der Waals surface area contributed by atoms with E-state index < -0.39 is 46.9 Å². The van der Waals surface area contributed by atoms with Crippen molar-refractivity contribution in [1.82, 2.24) is 20.5 Å². The number of carbonyl (C=O) groups is 3. The first-order valence-electron chi connectivity index (χ1n) is 12.7. The number of carbonyl (C=O) groups excluding carboxylic acids is 3. The first-order valence-corrected chi connectivity index (χ1v) is 12.7. The second kappa shape index (κ2) is 9.21. The smallest absolute Gasteiger partial charge is 0.336 e. The highest BCUT2D eigenvalue weighted by Crippen LogP contribution is 2.65. The fraction of sp³-hybridized carbons (Fsp3) is 0.536. The Hall–Kier alpha value is -3.68. The van der Waals surface area contributed by atoms with Gasteiger partial charge < -0.3 is 15.5 Å². The number of hydrogen-bond donors (Lipinski definition) is 2. The number of alkyl halides is 3. The van der Waals surface area contributed by atoms with Gasteiger partial charge in [0.2, 0.25) is 11.8 Å². The summed E-state index contributed by atoms with van der Waals surface area (Å²) < 4.78 is 39.2. The van der Waals surface area contributed by atoms with Crippen molar-refractivity contribution in [2.45, 2.75) is 65.3 Å². The number of piperidine rings is 1. The monoisotopic (exact) mass is 543 g/mol. The standard InChI is InChI=1S/C28H32F3N5O3/c1-25(2,3)21(34-24(39)28(29,30)31)23(38)36-13-18-19(26(18,4)5)20(36)22(37)35-27(6,14-32)17-12-33-11-15-9-7-8-10-16(15)17/h7-12,18-21H,13H2,1-6H3,(H,34,39)(H,35,37). The van der Waals surface area contributed by atoms with Gasteiger partial charge in [-0.1, -0.05) is 58.9 Å². The molecular weight excluding hydrogens is 511 g/mol. The topological polar surface area (TPSA) is 115 Å². The molecule has 2 N–H and O–H groups in total. The van der Waals surface area contributed by atoms with Crippen LogP contribution in [0.3, 0.4) is 0 Å². The summed E-state index contributed by atoms with van der Waals surface area (Å²) >= 11 is 0. The third-order valence-corrected chi connectivity index (χ3v) is 8.21. The number of likely N-dealkylation sites (tertiary alicyclic amines) is 1. The van der Waals surface area contributed by atoms with Crippen LogP contribution in [0.25, 0.3) is 10.8 Å². The van der Waals surface area contributed by atoms with Crippen molar-refractivity contribution in [2.24, 2.45) is 22.7 Å². The van der Waals surface area contributed by atoms with E-state index in [-0.39, 0.29) is 23.8 Å². The number of nitrogens with one attached hydrogen (secondary N) is 2. The Labute approximate surface area is 224 Å². The third-order valence-electron chi connectivity index (χ3n) is 8.21. The lowest BCUT2D eigenvalue weighted by Gasteiger charge is -2.38. The first-order chi connectivity index (χ1) is 17.9. The molecular formula is C28H32F3N5O3. The summed E-state index contributed by atoms with van der Waals surface area (Å²) in [6.07, 6.45) is -2.01. The zero-order valence-electron chi connectivity index (χ0n) is 22.7. The Morgan fingerprint density at radius 2 is 1.77 bits per heavy atom. The van der Waals surface area contributed by atoms with Crippen LogP contribution in [0.1, 0.15) is 47.1 Å². The molecule has 8 nitrogen and oxygen atoms in total. The average molecular weight is 544 g/mol. The molecule has 1 saturated carbocycles. The predicted octanol–water partition coefficient (Wildman–Crippen LogP) is 3.67. The normalized spacial score (nSPS) is 24.2. The van der Waals surface area contributed by atoms with Gasteiger partial charge in [0.1, 0.15) is 12.1 Å². The van der Waals surface area contributed by atoms with E-state index in [9.17, 15) is 32.8 Å². The lowest BCUT2D eigenvalue weighted by atomic mass is 9.85. The fourth-order valence-corrected chi connectivity index (χ4v) is 5.83. The molecule has 39 heavy (non-hydrogen) atoms. The van der Waals surface area contributed by atoms with E-state index in [1.807, 2.05) is 43.4 Å². The fourth-order valence-electron chi connectivity index (χ4n) is 5.83. The van der Waals surface area contributed by atoms with Crippen LogP contribution >= 0.6 is 0 Å². The predicted molar refractivity (Wildman–Crippen MR) is 137 cm³/mol. The van der Waals surface area contributed by atoms with Crippen LogP contribution in [0.5, 0.6) is 0 Å². The number of hydrogen-bond acceptors (Lipinski definition) is 5. The molecule has 1 aliphatic heterocycles. The van der Waals surface area contributed by atoms with E-state index >= 15 is 0 Å².